The van der Waals surface area contributed by atoms with Gasteiger partial charge in [0.15, 0.2) is 11.5 Å². The molecule has 8 heteroatoms. The van der Waals surface area contributed by atoms with Crippen LogP contribution in [0.15, 0.2) is 59.4 Å². The molecular formula is C23H22N4O4. The van der Waals surface area contributed by atoms with E-state index in [1.54, 1.807) is 10.6 Å². The first-order valence-electron chi connectivity index (χ1n) is 10.3. The van der Waals surface area contributed by atoms with Gasteiger partial charge < -0.3 is 14.8 Å². The number of aromatic nitrogens is 3. The zero-order chi connectivity index (χ0) is 21.2. The van der Waals surface area contributed by atoms with Gasteiger partial charge in [-0.25, -0.2) is 14.0 Å². The van der Waals surface area contributed by atoms with E-state index in [1.807, 2.05) is 48.5 Å². The molecule has 1 saturated carbocycles. The van der Waals surface area contributed by atoms with Crippen LogP contribution >= 0.6 is 0 Å². The Kier molecular flexibility index (Phi) is 5.03. The summed E-state index contributed by atoms with van der Waals surface area (Å²) in [5, 5.41) is 7.35. The molecule has 2 aromatic carbocycles. The van der Waals surface area contributed by atoms with Crippen LogP contribution in [0.1, 0.15) is 30.1 Å². The van der Waals surface area contributed by atoms with Crippen LogP contribution in [0.2, 0.25) is 0 Å². The average Bonchev–Trinajstić information content (AvgIpc) is 3.44. The Morgan fingerprint density at radius 1 is 1.13 bits per heavy atom. The van der Waals surface area contributed by atoms with Crippen molar-refractivity contribution in [3.8, 4) is 17.2 Å². The first-order valence-corrected chi connectivity index (χ1v) is 10.3. The average molecular weight is 418 g/mol. The normalized spacial score (nSPS) is 14.8. The van der Waals surface area contributed by atoms with Crippen molar-refractivity contribution in [3.05, 3.63) is 76.5 Å². The molecule has 1 aliphatic heterocycles. The predicted molar refractivity (Wildman–Crippen MR) is 114 cm³/mol. The summed E-state index contributed by atoms with van der Waals surface area (Å²) >= 11 is 0. The molecule has 0 saturated heterocycles. The third-order valence-electron chi connectivity index (χ3n) is 5.27. The van der Waals surface area contributed by atoms with Crippen molar-refractivity contribution >= 4 is 12.0 Å². The zero-order valence-electron chi connectivity index (χ0n) is 16.9. The highest BCUT2D eigenvalue weighted by molar-refractivity contribution is 5.91. The van der Waals surface area contributed by atoms with Crippen LogP contribution in [0.4, 0.5) is 0 Å². The van der Waals surface area contributed by atoms with Gasteiger partial charge in [0, 0.05) is 18.5 Å². The Hall–Kier alpha value is -3.81. The molecular weight excluding hydrogens is 396 g/mol. The maximum atomic E-state index is 12.9. The van der Waals surface area contributed by atoms with Gasteiger partial charge in [-0.2, -0.15) is 5.10 Å². The summed E-state index contributed by atoms with van der Waals surface area (Å²) < 4.78 is 13.7. The number of carbonyl (C=O) groups is 1. The summed E-state index contributed by atoms with van der Waals surface area (Å²) in [6.45, 7) is 0.826. The molecule has 0 radical (unpaired) electrons. The first-order chi connectivity index (χ1) is 15.2. The van der Waals surface area contributed by atoms with Gasteiger partial charge in [-0.1, -0.05) is 24.3 Å². The van der Waals surface area contributed by atoms with E-state index in [4.69, 9.17) is 9.47 Å². The van der Waals surface area contributed by atoms with Crippen molar-refractivity contribution < 1.29 is 14.3 Å². The number of hydrogen-bond acceptors (Lipinski definition) is 5. The lowest BCUT2D eigenvalue weighted by Gasteiger charge is -2.03. The smallest absolute Gasteiger partial charge is 0.350 e. The van der Waals surface area contributed by atoms with E-state index in [9.17, 15) is 9.59 Å². The van der Waals surface area contributed by atoms with Gasteiger partial charge in [0.25, 0.3) is 0 Å². The quantitative estimate of drug-likeness (QED) is 0.596. The minimum atomic E-state index is -0.240. The fraction of sp³-hybridized carbons (Fsp3) is 0.261. The van der Waals surface area contributed by atoms with Crippen molar-refractivity contribution in [3.63, 3.8) is 0 Å². The SMILES string of the molecule is O=C(/C=C/c1ccc2c(c1)OCO2)NCCn1nc(C2CC2)n(-c2ccccc2)c1=O. The van der Waals surface area contributed by atoms with Crippen LogP contribution in [-0.4, -0.2) is 33.6 Å². The fourth-order valence-corrected chi connectivity index (χ4v) is 3.53. The molecule has 0 bridgehead atoms. The number of para-hydroxylation sites is 1. The molecule has 5 rings (SSSR count). The number of hydrogen-bond donors (Lipinski definition) is 1. The van der Waals surface area contributed by atoms with Crippen molar-refractivity contribution in [2.45, 2.75) is 25.3 Å². The van der Waals surface area contributed by atoms with Gasteiger partial charge in [0.2, 0.25) is 12.7 Å². The number of carbonyl (C=O) groups excluding carboxylic acids is 1. The zero-order valence-corrected chi connectivity index (χ0v) is 16.9. The lowest BCUT2D eigenvalue weighted by molar-refractivity contribution is -0.116. The number of ether oxygens (including phenoxy) is 2. The van der Waals surface area contributed by atoms with E-state index in [2.05, 4.69) is 10.4 Å². The number of rotatable bonds is 7. The summed E-state index contributed by atoms with van der Waals surface area (Å²) in [7, 11) is 0. The predicted octanol–water partition coefficient (Wildman–Crippen LogP) is 2.47. The third kappa shape index (κ3) is 4.09. The maximum Gasteiger partial charge on any atom is 0.350 e. The third-order valence-corrected chi connectivity index (χ3v) is 5.27. The molecule has 1 aromatic heterocycles. The van der Waals surface area contributed by atoms with Crippen molar-refractivity contribution in [1.82, 2.24) is 19.7 Å². The second-order valence-electron chi connectivity index (χ2n) is 7.55. The topological polar surface area (TPSA) is 87.4 Å². The number of benzene rings is 2. The monoisotopic (exact) mass is 418 g/mol. The summed E-state index contributed by atoms with van der Waals surface area (Å²) in [5.74, 6) is 2.25. The van der Waals surface area contributed by atoms with E-state index in [0.717, 1.165) is 29.9 Å². The molecule has 2 heterocycles. The van der Waals surface area contributed by atoms with Crippen LogP contribution in [0.3, 0.4) is 0 Å². The minimum Gasteiger partial charge on any atom is -0.454 e. The Labute approximate surface area is 178 Å². The van der Waals surface area contributed by atoms with Gasteiger partial charge in [-0.3, -0.25) is 4.79 Å². The Morgan fingerprint density at radius 3 is 2.74 bits per heavy atom. The van der Waals surface area contributed by atoms with Gasteiger partial charge in [-0.15, -0.1) is 0 Å². The molecule has 0 unspecified atom stereocenters. The van der Waals surface area contributed by atoms with E-state index >= 15 is 0 Å². The van der Waals surface area contributed by atoms with Gasteiger partial charge in [0.05, 0.1) is 12.2 Å². The second kappa shape index (κ2) is 8.14. The molecule has 1 fully saturated rings. The molecule has 2 aliphatic rings. The molecule has 0 spiro atoms. The molecule has 31 heavy (non-hydrogen) atoms. The minimum absolute atomic E-state index is 0.182. The van der Waals surface area contributed by atoms with Crippen molar-refractivity contribution in [1.29, 1.82) is 0 Å². The van der Waals surface area contributed by atoms with Crippen LogP contribution in [0.5, 0.6) is 11.5 Å². The first kappa shape index (κ1) is 19.2. The molecule has 3 aromatic rings. The highest BCUT2D eigenvalue weighted by Crippen LogP contribution is 2.39. The molecule has 1 aliphatic carbocycles. The van der Waals surface area contributed by atoms with Gasteiger partial charge >= 0.3 is 5.69 Å². The summed E-state index contributed by atoms with van der Waals surface area (Å²) in [6, 6.07) is 15.0. The number of fused-ring (bicyclic) bond motifs is 1. The summed E-state index contributed by atoms with van der Waals surface area (Å²) in [6.07, 6.45) is 5.26. The molecule has 1 amide bonds. The number of nitrogens with zero attached hydrogens (tertiary/aromatic N) is 3. The van der Waals surface area contributed by atoms with Crippen molar-refractivity contribution in [2.75, 3.05) is 13.3 Å². The van der Waals surface area contributed by atoms with Gasteiger partial charge in [0.1, 0.15) is 5.82 Å². The Morgan fingerprint density at radius 2 is 1.94 bits per heavy atom. The van der Waals surface area contributed by atoms with Crippen LogP contribution in [0.25, 0.3) is 11.8 Å². The van der Waals surface area contributed by atoms with E-state index in [0.29, 0.717) is 30.5 Å². The second-order valence-corrected chi connectivity index (χ2v) is 7.55. The lowest BCUT2D eigenvalue weighted by atomic mass is 10.2. The standard InChI is InChI=1S/C23H22N4O4/c28-21(11-7-16-6-10-19-20(14-16)31-15-30-19)24-12-13-26-23(29)27(18-4-2-1-3-5-18)22(25-26)17-8-9-17/h1-7,10-11,14,17H,8-9,12-13,15H2,(H,24,28)/b11-7+. The lowest BCUT2D eigenvalue weighted by Crippen LogP contribution is -2.31. The maximum absolute atomic E-state index is 12.9. The van der Waals surface area contributed by atoms with E-state index in [-0.39, 0.29) is 18.4 Å². The highest BCUT2D eigenvalue weighted by Gasteiger charge is 2.31. The molecule has 8 nitrogen and oxygen atoms in total. The molecule has 158 valence electrons. The fourth-order valence-electron chi connectivity index (χ4n) is 3.53. The van der Waals surface area contributed by atoms with Crippen LogP contribution < -0.4 is 20.5 Å². The van der Waals surface area contributed by atoms with Crippen LogP contribution in [-0.2, 0) is 11.3 Å². The Bertz CT molecular complexity index is 1190. The highest BCUT2D eigenvalue weighted by atomic mass is 16.7. The number of amides is 1. The van der Waals surface area contributed by atoms with E-state index in [1.165, 1.54) is 10.8 Å². The largest absolute Gasteiger partial charge is 0.454 e. The van der Waals surface area contributed by atoms with Crippen LogP contribution in [0, 0.1) is 0 Å². The van der Waals surface area contributed by atoms with Crippen molar-refractivity contribution in [2.24, 2.45) is 0 Å². The number of nitrogens with one attached hydrogen (secondary N) is 1. The Balaban J connectivity index is 1.22. The summed E-state index contributed by atoms with van der Waals surface area (Å²) in [4.78, 5) is 25.1. The molecule has 0 atom stereocenters. The van der Waals surface area contributed by atoms with E-state index < -0.39 is 0 Å². The molecule has 1 N–H and O–H groups in total. The van der Waals surface area contributed by atoms with Gasteiger partial charge in [-0.05, 0) is 48.7 Å². The summed E-state index contributed by atoms with van der Waals surface area (Å²) in [5.41, 5.74) is 1.47.